The number of phenols is 1. The summed E-state index contributed by atoms with van der Waals surface area (Å²) in [5.74, 6) is 0.987. The van der Waals surface area contributed by atoms with E-state index in [0.29, 0.717) is 5.52 Å². The number of phenolic OH excluding ortho intramolecular Hbond substituents is 1. The number of nitrogens with one attached hydrogen (secondary N) is 1. The Bertz CT molecular complexity index is 3330. The molecular formula is C56H50N4O. The summed E-state index contributed by atoms with van der Waals surface area (Å²) >= 11 is 0. The van der Waals surface area contributed by atoms with Gasteiger partial charge < -0.3 is 10.1 Å². The van der Waals surface area contributed by atoms with E-state index < -0.39 is 0 Å². The molecule has 0 aliphatic heterocycles. The third kappa shape index (κ3) is 6.65. The minimum atomic E-state index is -0.134. The molecule has 10 aromatic rings. The van der Waals surface area contributed by atoms with Gasteiger partial charge in [0.25, 0.3) is 0 Å². The van der Waals surface area contributed by atoms with Crippen molar-refractivity contribution >= 4 is 43.7 Å². The summed E-state index contributed by atoms with van der Waals surface area (Å²) in [6.07, 6.45) is 0. The molecule has 0 atom stereocenters. The van der Waals surface area contributed by atoms with Gasteiger partial charge in [-0.3, -0.25) is 4.57 Å². The van der Waals surface area contributed by atoms with Gasteiger partial charge in [-0.25, -0.2) is 9.97 Å². The molecule has 0 bridgehead atoms. The Labute approximate surface area is 357 Å². The number of aromatic amines is 1. The van der Waals surface area contributed by atoms with Crippen LogP contribution in [0.15, 0.2) is 146 Å². The highest BCUT2D eigenvalue weighted by Gasteiger charge is 2.26. The lowest BCUT2D eigenvalue weighted by molar-refractivity contribution is 0.480. The second-order valence-corrected chi connectivity index (χ2v) is 18.8. The zero-order valence-electron chi connectivity index (χ0n) is 36.1. The Morgan fingerprint density at radius 2 is 1.21 bits per heavy atom. The first-order valence-corrected chi connectivity index (χ1v) is 21.2. The third-order valence-corrected chi connectivity index (χ3v) is 12.2. The number of nitrogens with zero attached hydrogens (tertiary/aromatic N) is 3. The number of H-pyrrole nitrogens is 1. The molecule has 0 saturated carbocycles. The monoisotopic (exact) mass is 794 g/mol. The van der Waals surface area contributed by atoms with Crippen LogP contribution in [0.1, 0.15) is 63.8 Å². The van der Waals surface area contributed by atoms with Gasteiger partial charge in [-0.15, -0.1) is 0 Å². The number of hydrogen-bond acceptors (Lipinski definition) is 3. The first-order chi connectivity index (χ1) is 29.2. The number of para-hydroxylation sites is 2. The van der Waals surface area contributed by atoms with E-state index in [4.69, 9.17) is 9.97 Å². The zero-order chi connectivity index (χ0) is 42.4. The van der Waals surface area contributed by atoms with Crippen molar-refractivity contribution in [3.63, 3.8) is 0 Å². The van der Waals surface area contributed by atoms with Crippen molar-refractivity contribution in [1.82, 2.24) is 19.5 Å². The molecule has 0 unspecified atom stereocenters. The third-order valence-electron chi connectivity index (χ3n) is 12.2. The SMILES string of the molecule is Cc1cc(C)cc(-c2cc(-c3cccc4c3nc(-c3cc(C(C)(C)C)cc5c3[nH]c3ccc(C(C)(C)C)cc35)n4-c3cccc(-c4ccccc4)c3)nc3c(O)cccc23)c1. The number of imidazole rings is 1. The van der Waals surface area contributed by atoms with Gasteiger partial charge in [-0.05, 0) is 113 Å². The largest absolute Gasteiger partial charge is 0.506 e. The molecule has 3 aromatic heterocycles. The van der Waals surface area contributed by atoms with Gasteiger partial charge in [0.1, 0.15) is 17.1 Å². The average Bonchev–Trinajstić information content (AvgIpc) is 3.81. The van der Waals surface area contributed by atoms with Crippen LogP contribution in [0.2, 0.25) is 0 Å². The molecule has 10 rings (SSSR count). The minimum absolute atomic E-state index is 0.00201. The lowest BCUT2D eigenvalue weighted by Gasteiger charge is -2.21. The fourth-order valence-electron chi connectivity index (χ4n) is 9.02. The predicted molar refractivity (Wildman–Crippen MR) is 256 cm³/mol. The first-order valence-electron chi connectivity index (χ1n) is 21.2. The molecule has 5 heteroatoms. The maximum atomic E-state index is 11.3. The Hall–Kier alpha value is -6.98. The van der Waals surface area contributed by atoms with Gasteiger partial charge >= 0.3 is 0 Å². The summed E-state index contributed by atoms with van der Waals surface area (Å²) in [5.41, 5.74) is 17.3. The maximum absolute atomic E-state index is 11.3. The van der Waals surface area contributed by atoms with E-state index in [0.717, 1.165) is 78.0 Å². The fourth-order valence-corrected chi connectivity index (χ4v) is 9.02. The summed E-state index contributed by atoms with van der Waals surface area (Å²) in [7, 11) is 0. The van der Waals surface area contributed by atoms with E-state index in [2.05, 4.69) is 192 Å². The van der Waals surface area contributed by atoms with Crippen LogP contribution in [0.5, 0.6) is 5.75 Å². The molecule has 0 aliphatic carbocycles. The topological polar surface area (TPSA) is 66.7 Å². The number of benzene rings is 7. The molecule has 3 heterocycles. The summed E-state index contributed by atoms with van der Waals surface area (Å²) in [4.78, 5) is 14.8. The molecule has 2 N–H and O–H groups in total. The van der Waals surface area contributed by atoms with Gasteiger partial charge in [-0.2, -0.15) is 0 Å². The van der Waals surface area contributed by atoms with Crippen LogP contribution in [0.4, 0.5) is 0 Å². The summed E-state index contributed by atoms with van der Waals surface area (Å²) in [6.45, 7) is 17.9. The minimum Gasteiger partial charge on any atom is -0.506 e. The Balaban J connectivity index is 1.31. The molecule has 0 fully saturated rings. The van der Waals surface area contributed by atoms with Crippen LogP contribution < -0.4 is 0 Å². The molecule has 0 spiro atoms. The highest BCUT2D eigenvalue weighted by Crippen LogP contribution is 2.43. The number of fused-ring (bicyclic) bond motifs is 5. The molecule has 0 saturated heterocycles. The van der Waals surface area contributed by atoms with E-state index in [-0.39, 0.29) is 16.6 Å². The van der Waals surface area contributed by atoms with Gasteiger partial charge in [0.05, 0.1) is 22.2 Å². The summed E-state index contributed by atoms with van der Waals surface area (Å²) in [5, 5.41) is 14.6. The van der Waals surface area contributed by atoms with Crippen molar-refractivity contribution in [3.05, 3.63) is 168 Å². The van der Waals surface area contributed by atoms with Gasteiger partial charge in [-0.1, -0.05) is 144 Å². The molecule has 7 aromatic carbocycles. The van der Waals surface area contributed by atoms with Crippen LogP contribution in [-0.4, -0.2) is 24.6 Å². The Kier molecular flexibility index (Phi) is 8.81. The lowest BCUT2D eigenvalue weighted by Crippen LogP contribution is -2.11. The van der Waals surface area contributed by atoms with E-state index >= 15 is 0 Å². The molecule has 0 aliphatic rings. The highest BCUT2D eigenvalue weighted by molar-refractivity contribution is 6.13. The first kappa shape index (κ1) is 38.2. The van der Waals surface area contributed by atoms with Crippen molar-refractivity contribution in [2.24, 2.45) is 0 Å². The van der Waals surface area contributed by atoms with E-state index in [1.165, 1.54) is 33.0 Å². The number of rotatable bonds is 5. The smallest absolute Gasteiger partial charge is 0.147 e. The van der Waals surface area contributed by atoms with Gasteiger partial charge in [0.15, 0.2) is 0 Å². The Morgan fingerprint density at radius 1 is 0.508 bits per heavy atom. The standard InChI is InChI=1S/C56H50N4O/c1-33-25-34(2)27-37(26-33)43-32-48(58-53-41(43)19-14-22-50(53)61)42-20-13-21-49-52(42)59-54(60(49)40-18-12-17-36(28-40)35-15-10-9-11-16-35)46-31-39(56(6,7)8)30-45-44-29-38(55(3,4)5)23-24-47(44)57-51(45)46/h9-32,57,61H,1-8H3. The molecule has 5 nitrogen and oxygen atoms in total. The number of pyridine rings is 1. The number of hydrogen-bond donors (Lipinski definition) is 2. The van der Waals surface area contributed by atoms with Crippen molar-refractivity contribution in [2.75, 3.05) is 0 Å². The molecular weight excluding hydrogens is 745 g/mol. The number of aromatic hydroxyl groups is 1. The van der Waals surface area contributed by atoms with Gasteiger partial charge in [0, 0.05) is 38.5 Å². The number of aromatic nitrogens is 4. The quantitative estimate of drug-likeness (QED) is 0.182. The van der Waals surface area contributed by atoms with Crippen LogP contribution in [-0.2, 0) is 10.8 Å². The number of aryl methyl sites for hydroxylation is 2. The van der Waals surface area contributed by atoms with E-state index in [9.17, 15) is 5.11 Å². The van der Waals surface area contributed by atoms with Crippen LogP contribution in [0, 0.1) is 13.8 Å². The van der Waals surface area contributed by atoms with Crippen LogP contribution in [0.3, 0.4) is 0 Å². The molecule has 0 amide bonds. The van der Waals surface area contributed by atoms with Crippen LogP contribution in [0.25, 0.3) is 94.3 Å². The van der Waals surface area contributed by atoms with Gasteiger partial charge in [0.2, 0.25) is 0 Å². The van der Waals surface area contributed by atoms with Crippen molar-refractivity contribution in [2.45, 2.75) is 66.2 Å². The fraction of sp³-hybridized carbons (Fsp3) is 0.179. The van der Waals surface area contributed by atoms with E-state index in [1.54, 1.807) is 6.07 Å². The summed E-state index contributed by atoms with van der Waals surface area (Å²) in [6, 6.07) is 51.7. The maximum Gasteiger partial charge on any atom is 0.147 e. The predicted octanol–water partition coefficient (Wildman–Crippen LogP) is 14.8. The Morgan fingerprint density at radius 3 is 1.97 bits per heavy atom. The zero-order valence-corrected chi connectivity index (χ0v) is 36.1. The molecule has 61 heavy (non-hydrogen) atoms. The highest BCUT2D eigenvalue weighted by atomic mass is 16.3. The molecule has 0 radical (unpaired) electrons. The average molecular weight is 795 g/mol. The lowest BCUT2D eigenvalue weighted by atomic mass is 9.84. The van der Waals surface area contributed by atoms with Crippen LogP contribution >= 0.6 is 0 Å². The second kappa shape index (κ2) is 14.1. The normalized spacial score (nSPS) is 12.3. The van der Waals surface area contributed by atoms with Crippen molar-refractivity contribution in [3.8, 4) is 56.3 Å². The second-order valence-electron chi connectivity index (χ2n) is 18.8. The molecule has 300 valence electrons. The van der Waals surface area contributed by atoms with Crippen molar-refractivity contribution < 1.29 is 5.11 Å². The summed E-state index contributed by atoms with van der Waals surface area (Å²) < 4.78 is 2.32. The van der Waals surface area contributed by atoms with E-state index in [1.807, 2.05) is 12.1 Å². The van der Waals surface area contributed by atoms with Crippen molar-refractivity contribution in [1.29, 1.82) is 0 Å².